The van der Waals surface area contributed by atoms with Crippen LogP contribution in [0.5, 0.6) is 0 Å². The molecule has 2 rings (SSSR count). The van der Waals surface area contributed by atoms with Crippen molar-refractivity contribution in [3.8, 4) is 6.07 Å². The number of nitrogens with two attached hydrogens (primary N) is 1. The van der Waals surface area contributed by atoms with Gasteiger partial charge in [0.15, 0.2) is 11.6 Å². The van der Waals surface area contributed by atoms with Crippen molar-refractivity contribution in [1.29, 1.82) is 5.26 Å². The number of carbonyl (C=O) groups excluding carboxylic acids is 1. The van der Waals surface area contributed by atoms with Crippen molar-refractivity contribution in [3.05, 3.63) is 51.4 Å². The van der Waals surface area contributed by atoms with Crippen molar-refractivity contribution in [1.82, 2.24) is 5.32 Å². The average Bonchev–Trinajstić information content (AvgIpc) is 2.91. The van der Waals surface area contributed by atoms with E-state index in [0.717, 1.165) is 23.5 Å². The van der Waals surface area contributed by atoms with Crippen LogP contribution in [0, 0.1) is 23.0 Å². The lowest BCUT2D eigenvalue weighted by molar-refractivity contribution is 0.0530. The molecule has 1 atom stereocenters. The molecular formula is C17H17F2N3O2S. The molecule has 25 heavy (non-hydrogen) atoms. The van der Waals surface area contributed by atoms with Crippen LogP contribution in [-0.2, 0) is 11.3 Å². The molecule has 1 aromatic heterocycles. The minimum absolute atomic E-state index is 0.158. The van der Waals surface area contributed by atoms with Gasteiger partial charge < -0.3 is 15.8 Å². The first-order valence-corrected chi connectivity index (χ1v) is 8.37. The third-order valence-electron chi connectivity index (χ3n) is 3.64. The van der Waals surface area contributed by atoms with E-state index in [4.69, 9.17) is 10.5 Å². The van der Waals surface area contributed by atoms with Gasteiger partial charge in [-0.05, 0) is 31.5 Å². The number of hydrogen-bond acceptors (Lipinski definition) is 6. The fraction of sp³-hybridized carbons (Fsp3) is 0.294. The summed E-state index contributed by atoms with van der Waals surface area (Å²) in [5.74, 6) is -2.40. The normalized spacial score (nSPS) is 11.8. The van der Waals surface area contributed by atoms with Crippen molar-refractivity contribution in [3.63, 3.8) is 0 Å². The van der Waals surface area contributed by atoms with Gasteiger partial charge in [-0.15, -0.1) is 11.3 Å². The van der Waals surface area contributed by atoms with Crippen LogP contribution < -0.4 is 11.1 Å². The molecule has 0 bridgehead atoms. The number of benzene rings is 1. The Morgan fingerprint density at radius 3 is 2.76 bits per heavy atom. The highest BCUT2D eigenvalue weighted by Crippen LogP contribution is 2.31. The molecule has 0 spiro atoms. The molecule has 0 aliphatic heterocycles. The van der Waals surface area contributed by atoms with Crippen LogP contribution in [0.25, 0.3) is 0 Å². The summed E-state index contributed by atoms with van der Waals surface area (Å²) in [6.07, 6.45) is 0. The van der Waals surface area contributed by atoms with Crippen molar-refractivity contribution in [2.24, 2.45) is 0 Å². The topological polar surface area (TPSA) is 88.1 Å². The maximum atomic E-state index is 13.4. The number of anilines is 1. The summed E-state index contributed by atoms with van der Waals surface area (Å²) < 4.78 is 31.4. The number of nitriles is 1. The maximum Gasteiger partial charge on any atom is 0.348 e. The molecule has 0 saturated carbocycles. The van der Waals surface area contributed by atoms with Gasteiger partial charge in [-0.2, -0.15) is 5.26 Å². The predicted octanol–water partition coefficient (Wildman–Crippen LogP) is 3.51. The minimum Gasteiger partial charge on any atom is -0.462 e. The van der Waals surface area contributed by atoms with E-state index in [1.54, 1.807) is 13.8 Å². The third kappa shape index (κ3) is 4.13. The fourth-order valence-electron chi connectivity index (χ4n) is 2.29. The monoisotopic (exact) mass is 365 g/mol. The smallest absolute Gasteiger partial charge is 0.348 e. The molecule has 3 N–H and O–H groups in total. The summed E-state index contributed by atoms with van der Waals surface area (Å²) in [6, 6.07) is 5.28. The summed E-state index contributed by atoms with van der Waals surface area (Å²) in [6.45, 7) is 3.81. The molecule has 5 nitrogen and oxygen atoms in total. The third-order valence-corrected chi connectivity index (χ3v) is 4.68. The second kappa shape index (κ2) is 8.05. The number of halogens is 2. The van der Waals surface area contributed by atoms with Crippen molar-refractivity contribution < 1.29 is 18.3 Å². The Morgan fingerprint density at radius 2 is 2.16 bits per heavy atom. The van der Waals surface area contributed by atoms with E-state index >= 15 is 0 Å². The van der Waals surface area contributed by atoms with Crippen LogP contribution in [0.3, 0.4) is 0 Å². The number of thiophene rings is 1. The maximum absolute atomic E-state index is 13.4. The molecule has 0 aliphatic carbocycles. The number of esters is 1. The quantitative estimate of drug-likeness (QED) is 0.765. The summed E-state index contributed by atoms with van der Waals surface area (Å²) >= 11 is 0.997. The number of nitrogens with zero attached hydrogens (tertiary/aromatic N) is 1. The molecule has 0 radical (unpaired) electrons. The van der Waals surface area contributed by atoms with Gasteiger partial charge in [0.25, 0.3) is 0 Å². The SMILES string of the molecule is CCOC(=O)c1sc(N)c(C#N)c1CN[C@H](C)c1ccc(F)c(F)c1. The Labute approximate surface area is 148 Å². The average molecular weight is 365 g/mol. The Bertz CT molecular complexity index is 830. The molecule has 0 amide bonds. The van der Waals surface area contributed by atoms with Gasteiger partial charge >= 0.3 is 5.97 Å². The van der Waals surface area contributed by atoms with Crippen LogP contribution >= 0.6 is 11.3 Å². The number of nitrogen functional groups attached to an aromatic ring is 1. The molecule has 0 aliphatic rings. The van der Waals surface area contributed by atoms with Crippen LogP contribution in [0.15, 0.2) is 18.2 Å². The van der Waals surface area contributed by atoms with E-state index in [0.29, 0.717) is 11.1 Å². The summed E-state index contributed by atoms with van der Waals surface area (Å²) in [4.78, 5) is 12.3. The second-order valence-electron chi connectivity index (χ2n) is 5.26. The van der Waals surface area contributed by atoms with Gasteiger partial charge in [0, 0.05) is 18.2 Å². The van der Waals surface area contributed by atoms with E-state index < -0.39 is 17.6 Å². The zero-order valence-corrected chi connectivity index (χ0v) is 14.5. The molecule has 132 valence electrons. The van der Waals surface area contributed by atoms with Gasteiger partial charge in [-0.1, -0.05) is 6.07 Å². The van der Waals surface area contributed by atoms with Crippen molar-refractivity contribution in [2.75, 3.05) is 12.3 Å². The largest absolute Gasteiger partial charge is 0.462 e. The molecule has 0 saturated heterocycles. The number of rotatable bonds is 6. The Hall–Kier alpha value is -2.50. The van der Waals surface area contributed by atoms with Gasteiger partial charge in [0.1, 0.15) is 15.9 Å². The lowest BCUT2D eigenvalue weighted by Gasteiger charge is -2.15. The van der Waals surface area contributed by atoms with E-state index in [1.165, 1.54) is 6.07 Å². The molecule has 1 aromatic carbocycles. The highest BCUT2D eigenvalue weighted by atomic mass is 32.1. The van der Waals surface area contributed by atoms with Crippen LogP contribution in [0.1, 0.15) is 46.3 Å². The van der Waals surface area contributed by atoms with E-state index in [9.17, 15) is 18.8 Å². The summed E-state index contributed by atoms with van der Waals surface area (Å²) in [5, 5.41) is 12.6. The van der Waals surface area contributed by atoms with Crippen LogP contribution in [0.4, 0.5) is 13.8 Å². The highest BCUT2D eigenvalue weighted by Gasteiger charge is 2.23. The van der Waals surface area contributed by atoms with Crippen molar-refractivity contribution >= 4 is 22.3 Å². The lowest BCUT2D eigenvalue weighted by atomic mass is 10.1. The molecular weight excluding hydrogens is 348 g/mol. The van der Waals surface area contributed by atoms with Crippen LogP contribution in [0.2, 0.25) is 0 Å². The number of hydrogen-bond donors (Lipinski definition) is 2. The Morgan fingerprint density at radius 1 is 1.44 bits per heavy atom. The predicted molar refractivity (Wildman–Crippen MR) is 91.0 cm³/mol. The van der Waals surface area contributed by atoms with E-state index in [2.05, 4.69) is 5.32 Å². The molecule has 0 fully saturated rings. The van der Waals surface area contributed by atoms with Gasteiger partial charge in [0.05, 0.1) is 12.2 Å². The lowest BCUT2D eigenvalue weighted by Crippen LogP contribution is -2.20. The molecule has 1 heterocycles. The number of ether oxygens (including phenoxy) is 1. The first-order chi connectivity index (χ1) is 11.9. The van der Waals surface area contributed by atoms with Crippen molar-refractivity contribution in [2.45, 2.75) is 26.4 Å². The molecule has 0 unspecified atom stereocenters. The van der Waals surface area contributed by atoms with Crippen LogP contribution in [-0.4, -0.2) is 12.6 Å². The van der Waals surface area contributed by atoms with Gasteiger partial charge in [-0.25, -0.2) is 13.6 Å². The standard InChI is InChI=1S/C17H17F2N3O2S/c1-3-24-17(23)15-12(11(7-20)16(21)25-15)8-22-9(2)10-4-5-13(18)14(19)6-10/h4-6,9,22H,3,8,21H2,1-2H3/t9-/m1/s1. The Kier molecular flexibility index (Phi) is 6.07. The van der Waals surface area contributed by atoms with Gasteiger partial charge in [0.2, 0.25) is 0 Å². The van der Waals surface area contributed by atoms with E-state index in [1.807, 2.05) is 6.07 Å². The first kappa shape index (κ1) is 18.8. The summed E-state index contributed by atoms with van der Waals surface area (Å²) in [7, 11) is 0. The number of nitrogens with one attached hydrogen (secondary N) is 1. The van der Waals surface area contributed by atoms with Gasteiger partial charge in [-0.3, -0.25) is 0 Å². The first-order valence-electron chi connectivity index (χ1n) is 7.55. The zero-order chi connectivity index (χ0) is 18.6. The molecule has 8 heteroatoms. The number of carbonyl (C=O) groups is 1. The second-order valence-corrected chi connectivity index (χ2v) is 6.31. The summed E-state index contributed by atoms with van der Waals surface area (Å²) in [5.41, 5.74) is 7.01. The Balaban J connectivity index is 2.23. The zero-order valence-electron chi connectivity index (χ0n) is 13.7. The minimum atomic E-state index is -0.934. The molecule has 2 aromatic rings. The van der Waals surface area contributed by atoms with E-state index in [-0.39, 0.29) is 34.6 Å². The highest BCUT2D eigenvalue weighted by molar-refractivity contribution is 7.18. The fourth-order valence-corrected chi connectivity index (χ4v) is 3.22.